The van der Waals surface area contributed by atoms with Crippen LogP contribution < -0.4 is 10.1 Å². The van der Waals surface area contributed by atoms with Gasteiger partial charge >= 0.3 is 0 Å². The summed E-state index contributed by atoms with van der Waals surface area (Å²) >= 11 is 3.47. The van der Waals surface area contributed by atoms with Crippen molar-refractivity contribution in [2.24, 2.45) is 0 Å². The van der Waals surface area contributed by atoms with Gasteiger partial charge in [-0.25, -0.2) is 4.98 Å². The Balaban J connectivity index is 2.07. The molecule has 3 nitrogen and oxygen atoms in total. The molecule has 0 fully saturated rings. The van der Waals surface area contributed by atoms with Crippen LogP contribution in [0, 0.1) is 0 Å². The number of halogens is 1. The molecule has 0 unspecified atom stereocenters. The van der Waals surface area contributed by atoms with Gasteiger partial charge in [0.25, 0.3) is 0 Å². The molecule has 0 aliphatic carbocycles. The number of hydrogen-bond acceptors (Lipinski definition) is 3. The Kier molecular flexibility index (Phi) is 4.80. The Labute approximate surface area is 122 Å². The monoisotopic (exact) mass is 320 g/mol. The lowest BCUT2D eigenvalue weighted by Gasteiger charge is -2.14. The van der Waals surface area contributed by atoms with Crippen LogP contribution in [0.2, 0.25) is 0 Å². The maximum atomic E-state index is 5.72. The molecule has 19 heavy (non-hydrogen) atoms. The Bertz CT molecular complexity index is 543. The average molecular weight is 321 g/mol. The van der Waals surface area contributed by atoms with Crippen LogP contribution in [0.1, 0.15) is 19.4 Å². The van der Waals surface area contributed by atoms with E-state index in [0.717, 1.165) is 16.0 Å². The second-order valence-corrected chi connectivity index (χ2v) is 5.42. The van der Waals surface area contributed by atoms with Crippen LogP contribution in [0.3, 0.4) is 0 Å². The number of pyridine rings is 1. The first-order valence-corrected chi connectivity index (χ1v) is 7.04. The number of nitrogens with zero attached hydrogens (tertiary/aromatic N) is 1. The fourth-order valence-corrected chi connectivity index (χ4v) is 2.15. The smallest absolute Gasteiger partial charge is 0.169 e. The zero-order chi connectivity index (χ0) is 13.7. The summed E-state index contributed by atoms with van der Waals surface area (Å²) in [6.07, 6.45) is 1.90. The molecule has 1 N–H and O–H groups in total. The normalized spacial score (nSPS) is 10.5. The van der Waals surface area contributed by atoms with Crippen LogP contribution in [0.15, 0.2) is 47.1 Å². The molecule has 1 aromatic carbocycles. The van der Waals surface area contributed by atoms with Gasteiger partial charge in [-0.2, -0.15) is 0 Å². The Morgan fingerprint density at radius 3 is 2.84 bits per heavy atom. The average Bonchev–Trinajstić information content (AvgIpc) is 2.37. The molecule has 2 aromatic rings. The van der Waals surface area contributed by atoms with E-state index in [0.29, 0.717) is 6.54 Å². The highest BCUT2D eigenvalue weighted by molar-refractivity contribution is 9.10. The predicted octanol–water partition coefficient (Wildman–Crippen LogP) is 4.24. The van der Waals surface area contributed by atoms with Crippen LogP contribution in [-0.4, -0.2) is 11.1 Å². The van der Waals surface area contributed by atoms with Gasteiger partial charge in [0, 0.05) is 17.2 Å². The van der Waals surface area contributed by atoms with E-state index in [9.17, 15) is 0 Å². The summed E-state index contributed by atoms with van der Waals surface area (Å²) in [5.74, 6) is 1.56. The molecule has 0 saturated carbocycles. The van der Waals surface area contributed by atoms with Crippen molar-refractivity contribution in [3.8, 4) is 5.75 Å². The summed E-state index contributed by atoms with van der Waals surface area (Å²) in [4.78, 5) is 4.32. The molecular formula is C15H17BrN2O. The van der Waals surface area contributed by atoms with Gasteiger partial charge in [0.15, 0.2) is 11.6 Å². The van der Waals surface area contributed by atoms with Crippen molar-refractivity contribution in [3.05, 3.63) is 52.6 Å². The zero-order valence-electron chi connectivity index (χ0n) is 11.1. The zero-order valence-corrected chi connectivity index (χ0v) is 12.6. The van der Waals surface area contributed by atoms with E-state index in [2.05, 4.69) is 38.4 Å². The molecule has 0 atom stereocenters. The summed E-state index contributed by atoms with van der Waals surface area (Å²) in [6.45, 7) is 4.72. The predicted molar refractivity (Wildman–Crippen MR) is 81.5 cm³/mol. The van der Waals surface area contributed by atoms with E-state index in [-0.39, 0.29) is 6.10 Å². The molecule has 0 aliphatic heterocycles. The van der Waals surface area contributed by atoms with Gasteiger partial charge in [-0.3, -0.25) is 0 Å². The first-order chi connectivity index (χ1) is 9.15. The number of nitrogens with one attached hydrogen (secondary N) is 1. The first-order valence-electron chi connectivity index (χ1n) is 6.25. The number of hydrogen-bond donors (Lipinski definition) is 1. The topological polar surface area (TPSA) is 34.1 Å². The Morgan fingerprint density at radius 2 is 2.11 bits per heavy atom. The van der Waals surface area contributed by atoms with Crippen LogP contribution in [0.25, 0.3) is 0 Å². The second kappa shape index (κ2) is 6.57. The Morgan fingerprint density at radius 1 is 1.26 bits per heavy atom. The number of ether oxygens (including phenoxy) is 1. The van der Waals surface area contributed by atoms with Crippen molar-refractivity contribution in [2.45, 2.75) is 26.5 Å². The second-order valence-electron chi connectivity index (χ2n) is 4.50. The summed E-state index contributed by atoms with van der Waals surface area (Å²) in [7, 11) is 0. The van der Waals surface area contributed by atoms with Crippen LogP contribution in [0.5, 0.6) is 5.75 Å². The van der Waals surface area contributed by atoms with Gasteiger partial charge in [0.05, 0.1) is 6.10 Å². The number of rotatable bonds is 5. The van der Waals surface area contributed by atoms with Crippen LogP contribution in [0.4, 0.5) is 5.82 Å². The molecule has 0 amide bonds. The van der Waals surface area contributed by atoms with Crippen molar-refractivity contribution >= 4 is 21.7 Å². The van der Waals surface area contributed by atoms with E-state index in [1.54, 1.807) is 6.20 Å². The largest absolute Gasteiger partial charge is 0.487 e. The van der Waals surface area contributed by atoms with Crippen molar-refractivity contribution < 1.29 is 4.74 Å². The highest BCUT2D eigenvalue weighted by Gasteiger charge is 2.06. The van der Waals surface area contributed by atoms with Gasteiger partial charge in [-0.15, -0.1) is 0 Å². The molecule has 4 heteroatoms. The van der Waals surface area contributed by atoms with Gasteiger partial charge in [-0.1, -0.05) is 28.1 Å². The first kappa shape index (κ1) is 13.9. The highest BCUT2D eigenvalue weighted by Crippen LogP contribution is 2.23. The fourth-order valence-electron chi connectivity index (χ4n) is 1.71. The minimum absolute atomic E-state index is 0.135. The third kappa shape index (κ3) is 4.24. The summed E-state index contributed by atoms with van der Waals surface area (Å²) in [6, 6.07) is 12.0. The van der Waals surface area contributed by atoms with Crippen LogP contribution >= 0.6 is 15.9 Å². The quantitative estimate of drug-likeness (QED) is 0.894. The SMILES string of the molecule is CC(C)Oc1cccnc1NCc1cccc(Br)c1. The van der Waals surface area contributed by atoms with E-state index < -0.39 is 0 Å². The number of aromatic nitrogens is 1. The number of anilines is 1. The van der Waals surface area contributed by atoms with Crippen molar-refractivity contribution in [2.75, 3.05) is 5.32 Å². The van der Waals surface area contributed by atoms with Crippen LogP contribution in [-0.2, 0) is 6.54 Å². The maximum absolute atomic E-state index is 5.72. The third-order valence-corrected chi connectivity index (χ3v) is 2.98. The minimum Gasteiger partial charge on any atom is -0.487 e. The van der Waals surface area contributed by atoms with Gasteiger partial charge in [-0.05, 0) is 43.7 Å². The molecule has 1 heterocycles. The lowest BCUT2D eigenvalue weighted by atomic mass is 10.2. The highest BCUT2D eigenvalue weighted by atomic mass is 79.9. The minimum atomic E-state index is 0.135. The van der Waals surface area contributed by atoms with E-state index in [1.165, 1.54) is 5.56 Å². The van der Waals surface area contributed by atoms with E-state index >= 15 is 0 Å². The molecule has 0 spiro atoms. The molecule has 2 rings (SSSR count). The summed E-state index contributed by atoms with van der Waals surface area (Å²) < 4.78 is 6.80. The fraction of sp³-hybridized carbons (Fsp3) is 0.267. The third-order valence-electron chi connectivity index (χ3n) is 2.48. The molecule has 100 valence electrons. The maximum Gasteiger partial charge on any atom is 0.169 e. The molecule has 1 aromatic heterocycles. The molecule has 0 bridgehead atoms. The van der Waals surface area contributed by atoms with Gasteiger partial charge in [0.1, 0.15) is 0 Å². The lowest BCUT2D eigenvalue weighted by molar-refractivity contribution is 0.243. The standard InChI is InChI=1S/C15H17BrN2O/c1-11(2)19-14-7-4-8-17-15(14)18-10-12-5-3-6-13(16)9-12/h3-9,11H,10H2,1-2H3,(H,17,18). The summed E-state index contributed by atoms with van der Waals surface area (Å²) in [5, 5.41) is 3.31. The molecule has 0 aliphatic rings. The molecule has 0 saturated heterocycles. The molecule has 0 radical (unpaired) electrons. The number of benzene rings is 1. The van der Waals surface area contributed by atoms with Crippen molar-refractivity contribution in [1.82, 2.24) is 4.98 Å². The Hall–Kier alpha value is -1.55. The van der Waals surface area contributed by atoms with Gasteiger partial charge < -0.3 is 10.1 Å². The summed E-state index contributed by atoms with van der Waals surface area (Å²) in [5.41, 5.74) is 1.19. The van der Waals surface area contributed by atoms with E-state index in [1.807, 2.05) is 38.1 Å². The lowest BCUT2D eigenvalue weighted by Crippen LogP contribution is -2.09. The van der Waals surface area contributed by atoms with Crippen molar-refractivity contribution in [1.29, 1.82) is 0 Å². The molecular weight excluding hydrogens is 304 g/mol. The van der Waals surface area contributed by atoms with E-state index in [4.69, 9.17) is 4.74 Å². The van der Waals surface area contributed by atoms with Gasteiger partial charge in [0.2, 0.25) is 0 Å². The van der Waals surface area contributed by atoms with Crippen molar-refractivity contribution in [3.63, 3.8) is 0 Å².